The van der Waals surface area contributed by atoms with E-state index >= 15 is 0 Å². The summed E-state index contributed by atoms with van der Waals surface area (Å²) in [5.41, 5.74) is 2.29. The van der Waals surface area contributed by atoms with Crippen molar-refractivity contribution in [2.75, 3.05) is 18.4 Å². The number of hydrogen-bond acceptors (Lipinski definition) is 4. The van der Waals surface area contributed by atoms with Gasteiger partial charge in [-0.1, -0.05) is 43.3 Å². The maximum atomic E-state index is 13.1. The molecule has 2 amide bonds. The third kappa shape index (κ3) is 4.16. The molecule has 150 valence electrons. The van der Waals surface area contributed by atoms with E-state index in [1.54, 1.807) is 12.1 Å². The number of benzene rings is 2. The van der Waals surface area contributed by atoms with Gasteiger partial charge in [0.25, 0.3) is 5.91 Å². The number of fused-ring (bicyclic) bond motifs is 1. The summed E-state index contributed by atoms with van der Waals surface area (Å²) < 4.78 is 5.27. The molecule has 2 atom stereocenters. The Labute approximate surface area is 169 Å². The molecule has 0 spiro atoms. The smallest absolute Gasteiger partial charge is 0.255 e. The lowest BCUT2D eigenvalue weighted by Crippen LogP contribution is -2.42. The molecule has 4 rings (SSSR count). The molecule has 0 unspecified atom stereocenters. The summed E-state index contributed by atoms with van der Waals surface area (Å²) in [6.07, 6.45) is 1.21. The Hall–Kier alpha value is -3.15. The van der Waals surface area contributed by atoms with E-state index in [0.717, 1.165) is 24.9 Å². The first-order valence-corrected chi connectivity index (χ1v) is 10.0. The van der Waals surface area contributed by atoms with Gasteiger partial charge in [-0.15, -0.1) is 0 Å². The molecular weight excluding hydrogens is 366 g/mol. The second kappa shape index (κ2) is 8.07. The third-order valence-electron chi connectivity index (χ3n) is 5.37. The highest BCUT2D eigenvalue weighted by molar-refractivity contribution is 6.04. The van der Waals surface area contributed by atoms with E-state index in [9.17, 15) is 9.59 Å². The van der Waals surface area contributed by atoms with E-state index in [4.69, 9.17) is 4.52 Å². The molecule has 1 aliphatic rings. The SMILES string of the molecule is C[C@@H]1C[C@H](C)CN(C(=O)c2ccccc2NC(=O)Cc2noc3ccccc23)C1. The van der Waals surface area contributed by atoms with Gasteiger partial charge < -0.3 is 14.7 Å². The molecule has 6 heteroatoms. The summed E-state index contributed by atoms with van der Waals surface area (Å²) >= 11 is 0. The van der Waals surface area contributed by atoms with Crippen LogP contribution in [-0.4, -0.2) is 35.0 Å². The molecule has 1 saturated heterocycles. The van der Waals surface area contributed by atoms with Gasteiger partial charge in [0.2, 0.25) is 5.91 Å². The first kappa shape index (κ1) is 19.2. The second-order valence-corrected chi connectivity index (χ2v) is 8.05. The van der Waals surface area contributed by atoms with Crippen LogP contribution < -0.4 is 5.32 Å². The number of piperidine rings is 1. The molecule has 1 N–H and O–H groups in total. The molecule has 29 heavy (non-hydrogen) atoms. The minimum atomic E-state index is -0.232. The van der Waals surface area contributed by atoms with E-state index in [1.165, 1.54) is 0 Å². The first-order valence-electron chi connectivity index (χ1n) is 10.0. The van der Waals surface area contributed by atoms with Crippen LogP contribution in [0.3, 0.4) is 0 Å². The van der Waals surface area contributed by atoms with Crippen LogP contribution >= 0.6 is 0 Å². The standard InChI is InChI=1S/C23H25N3O3/c1-15-11-16(2)14-26(13-15)23(28)18-8-3-5-9-19(18)24-22(27)12-20-17-7-4-6-10-21(17)29-25-20/h3-10,15-16H,11-14H2,1-2H3,(H,24,27)/t15-,16+. The van der Waals surface area contributed by atoms with Crippen LogP contribution in [0.4, 0.5) is 5.69 Å². The molecule has 6 nitrogen and oxygen atoms in total. The monoisotopic (exact) mass is 391 g/mol. The van der Waals surface area contributed by atoms with E-state index in [2.05, 4.69) is 24.3 Å². The van der Waals surface area contributed by atoms with Gasteiger partial charge in [0.1, 0.15) is 5.69 Å². The molecule has 2 aromatic carbocycles. The summed E-state index contributed by atoms with van der Waals surface area (Å²) in [6, 6.07) is 14.6. The van der Waals surface area contributed by atoms with Crippen LogP contribution in [0.1, 0.15) is 36.3 Å². The molecule has 3 aromatic rings. The van der Waals surface area contributed by atoms with Crippen molar-refractivity contribution in [3.8, 4) is 0 Å². The second-order valence-electron chi connectivity index (χ2n) is 8.05. The van der Waals surface area contributed by atoms with Crippen LogP contribution in [0, 0.1) is 11.8 Å². The van der Waals surface area contributed by atoms with Gasteiger partial charge in [-0.2, -0.15) is 0 Å². The van der Waals surface area contributed by atoms with Crippen molar-refractivity contribution >= 4 is 28.5 Å². The third-order valence-corrected chi connectivity index (χ3v) is 5.37. The Morgan fingerprint density at radius 1 is 1.07 bits per heavy atom. The number of amides is 2. The van der Waals surface area contributed by atoms with Gasteiger partial charge in [-0.05, 0) is 42.5 Å². The van der Waals surface area contributed by atoms with Crippen LogP contribution in [-0.2, 0) is 11.2 Å². The van der Waals surface area contributed by atoms with E-state index < -0.39 is 0 Å². The van der Waals surface area contributed by atoms with Crippen LogP contribution in [0.15, 0.2) is 53.1 Å². The lowest BCUT2D eigenvalue weighted by molar-refractivity contribution is -0.115. The number of hydrogen-bond donors (Lipinski definition) is 1. The number of carbonyl (C=O) groups excluding carboxylic acids is 2. The summed E-state index contributed by atoms with van der Waals surface area (Å²) in [7, 11) is 0. The van der Waals surface area contributed by atoms with E-state index in [0.29, 0.717) is 34.4 Å². The van der Waals surface area contributed by atoms with Crippen molar-refractivity contribution in [3.05, 3.63) is 59.8 Å². The Kier molecular flexibility index (Phi) is 5.34. The average molecular weight is 391 g/mol. The fourth-order valence-corrected chi connectivity index (χ4v) is 4.19. The van der Waals surface area contributed by atoms with Gasteiger partial charge in [-0.3, -0.25) is 9.59 Å². The number of likely N-dealkylation sites (tertiary alicyclic amines) is 1. The molecule has 0 aliphatic carbocycles. The van der Waals surface area contributed by atoms with Crippen molar-refractivity contribution in [2.45, 2.75) is 26.7 Å². The summed E-state index contributed by atoms with van der Waals surface area (Å²) in [6.45, 7) is 5.84. The fraction of sp³-hybridized carbons (Fsp3) is 0.348. The molecule has 2 heterocycles. The number of nitrogens with zero attached hydrogens (tertiary/aromatic N) is 2. The van der Waals surface area contributed by atoms with E-state index in [-0.39, 0.29) is 18.2 Å². The van der Waals surface area contributed by atoms with Gasteiger partial charge in [-0.25, -0.2) is 0 Å². The highest BCUT2D eigenvalue weighted by Gasteiger charge is 2.27. The first-order chi connectivity index (χ1) is 14.0. The predicted molar refractivity (Wildman–Crippen MR) is 112 cm³/mol. The predicted octanol–water partition coefficient (Wildman–Crippen LogP) is 4.13. The molecule has 0 radical (unpaired) electrons. The highest BCUT2D eigenvalue weighted by Crippen LogP contribution is 2.25. The van der Waals surface area contributed by atoms with Crippen molar-refractivity contribution in [2.24, 2.45) is 11.8 Å². The highest BCUT2D eigenvalue weighted by atomic mass is 16.5. The maximum Gasteiger partial charge on any atom is 0.255 e. The number of para-hydroxylation sites is 2. The molecule has 1 aromatic heterocycles. The zero-order valence-electron chi connectivity index (χ0n) is 16.7. The number of anilines is 1. The average Bonchev–Trinajstić information content (AvgIpc) is 3.10. The normalized spacial score (nSPS) is 19.3. The molecule has 1 fully saturated rings. The summed E-state index contributed by atoms with van der Waals surface area (Å²) in [5, 5.41) is 7.72. The van der Waals surface area contributed by atoms with Crippen LogP contribution in [0.5, 0.6) is 0 Å². The Balaban J connectivity index is 1.51. The molecular formula is C23H25N3O3. The summed E-state index contributed by atoms with van der Waals surface area (Å²) in [5.74, 6) is 0.686. The Morgan fingerprint density at radius 2 is 1.76 bits per heavy atom. The maximum absolute atomic E-state index is 13.1. The molecule has 0 bridgehead atoms. The number of rotatable bonds is 4. The fourth-order valence-electron chi connectivity index (χ4n) is 4.19. The van der Waals surface area contributed by atoms with Crippen molar-refractivity contribution < 1.29 is 14.1 Å². The minimum absolute atomic E-state index is 0.0359. The quantitative estimate of drug-likeness (QED) is 0.726. The Bertz CT molecular complexity index is 1030. The van der Waals surface area contributed by atoms with Crippen LogP contribution in [0.25, 0.3) is 11.0 Å². The molecule has 1 aliphatic heterocycles. The van der Waals surface area contributed by atoms with Gasteiger partial charge in [0.15, 0.2) is 5.58 Å². The van der Waals surface area contributed by atoms with Gasteiger partial charge >= 0.3 is 0 Å². The number of carbonyl (C=O) groups is 2. The minimum Gasteiger partial charge on any atom is -0.356 e. The van der Waals surface area contributed by atoms with Gasteiger partial charge in [0.05, 0.1) is 17.7 Å². The van der Waals surface area contributed by atoms with E-state index in [1.807, 2.05) is 41.3 Å². The lowest BCUT2D eigenvalue weighted by atomic mass is 9.91. The zero-order chi connectivity index (χ0) is 20.4. The van der Waals surface area contributed by atoms with Crippen molar-refractivity contribution in [1.82, 2.24) is 10.1 Å². The molecule has 0 saturated carbocycles. The number of aromatic nitrogens is 1. The Morgan fingerprint density at radius 3 is 2.55 bits per heavy atom. The van der Waals surface area contributed by atoms with Crippen LogP contribution in [0.2, 0.25) is 0 Å². The zero-order valence-corrected chi connectivity index (χ0v) is 16.7. The van der Waals surface area contributed by atoms with Crippen molar-refractivity contribution in [3.63, 3.8) is 0 Å². The topological polar surface area (TPSA) is 75.4 Å². The largest absolute Gasteiger partial charge is 0.356 e. The van der Waals surface area contributed by atoms with Gasteiger partial charge in [0, 0.05) is 18.5 Å². The lowest BCUT2D eigenvalue weighted by Gasteiger charge is -2.35. The summed E-state index contributed by atoms with van der Waals surface area (Å²) in [4.78, 5) is 27.7. The number of nitrogens with one attached hydrogen (secondary N) is 1. The van der Waals surface area contributed by atoms with Crippen molar-refractivity contribution in [1.29, 1.82) is 0 Å².